The Labute approximate surface area is 154 Å². The Morgan fingerprint density at radius 1 is 0.885 bits per heavy atom. The van der Waals surface area contributed by atoms with Crippen molar-refractivity contribution < 1.29 is 19.0 Å². The molecule has 0 fully saturated rings. The second kappa shape index (κ2) is 10.2. The number of rotatable bonds is 9. The summed E-state index contributed by atoms with van der Waals surface area (Å²) >= 11 is 0. The van der Waals surface area contributed by atoms with Crippen molar-refractivity contribution in [3.05, 3.63) is 48.0 Å². The van der Waals surface area contributed by atoms with Crippen molar-refractivity contribution in [2.75, 3.05) is 25.1 Å². The van der Waals surface area contributed by atoms with Crippen LogP contribution in [-0.2, 0) is 6.54 Å². The third-order valence-corrected chi connectivity index (χ3v) is 3.46. The number of nitrogens with one attached hydrogen (secondary N) is 2. The van der Waals surface area contributed by atoms with E-state index in [9.17, 15) is 4.79 Å². The summed E-state index contributed by atoms with van der Waals surface area (Å²) in [5, 5.41) is 5.64. The van der Waals surface area contributed by atoms with Gasteiger partial charge in [-0.2, -0.15) is 0 Å². The van der Waals surface area contributed by atoms with Gasteiger partial charge in [0.2, 0.25) is 5.75 Å². The molecule has 6 nitrogen and oxygen atoms in total. The maximum Gasteiger partial charge on any atom is 0.319 e. The maximum atomic E-state index is 12.2. The highest BCUT2D eigenvalue weighted by Crippen LogP contribution is 2.40. The van der Waals surface area contributed by atoms with Crippen LogP contribution in [0.4, 0.5) is 10.5 Å². The fourth-order valence-corrected chi connectivity index (χ4v) is 2.41. The lowest BCUT2D eigenvalue weighted by molar-refractivity contribution is 0.251. The van der Waals surface area contributed by atoms with Crippen molar-refractivity contribution in [2.45, 2.75) is 27.3 Å². The predicted octanol–water partition coefficient (Wildman–Crippen LogP) is 4.20. The average molecular weight is 358 g/mol. The SMILES string of the molecule is CCOc1cc(NC(=O)NCc2ccccc2)cc(OCC)c1OCC. The molecule has 0 unspecified atom stereocenters. The van der Waals surface area contributed by atoms with Gasteiger partial charge in [0.15, 0.2) is 11.5 Å². The van der Waals surface area contributed by atoms with E-state index < -0.39 is 0 Å². The van der Waals surface area contributed by atoms with Crippen LogP contribution in [0.2, 0.25) is 0 Å². The molecule has 0 saturated carbocycles. The zero-order chi connectivity index (χ0) is 18.8. The van der Waals surface area contributed by atoms with E-state index in [-0.39, 0.29) is 6.03 Å². The highest BCUT2D eigenvalue weighted by molar-refractivity contribution is 5.90. The molecule has 0 spiro atoms. The molecule has 2 amide bonds. The summed E-state index contributed by atoms with van der Waals surface area (Å²) in [7, 11) is 0. The largest absolute Gasteiger partial charge is 0.490 e. The van der Waals surface area contributed by atoms with Gasteiger partial charge in [-0.05, 0) is 26.3 Å². The van der Waals surface area contributed by atoms with Crippen molar-refractivity contribution in [1.82, 2.24) is 5.32 Å². The normalized spacial score (nSPS) is 10.1. The van der Waals surface area contributed by atoms with Crippen molar-refractivity contribution in [1.29, 1.82) is 0 Å². The molecule has 0 saturated heterocycles. The van der Waals surface area contributed by atoms with Gasteiger partial charge >= 0.3 is 6.03 Å². The Morgan fingerprint density at radius 3 is 2.00 bits per heavy atom. The topological polar surface area (TPSA) is 68.8 Å². The van der Waals surface area contributed by atoms with Crippen LogP contribution in [0, 0.1) is 0 Å². The Bertz CT molecular complexity index is 677. The molecule has 0 aliphatic carbocycles. The van der Waals surface area contributed by atoms with Crippen LogP contribution in [0.25, 0.3) is 0 Å². The van der Waals surface area contributed by atoms with Crippen molar-refractivity contribution >= 4 is 11.7 Å². The highest BCUT2D eigenvalue weighted by Gasteiger charge is 2.16. The monoisotopic (exact) mass is 358 g/mol. The first-order valence-electron chi connectivity index (χ1n) is 8.83. The van der Waals surface area contributed by atoms with Gasteiger partial charge in [0.05, 0.1) is 25.5 Å². The van der Waals surface area contributed by atoms with Crippen LogP contribution in [0.1, 0.15) is 26.3 Å². The van der Waals surface area contributed by atoms with Crippen LogP contribution in [0.5, 0.6) is 17.2 Å². The molecular weight excluding hydrogens is 332 g/mol. The molecular formula is C20H26N2O4. The van der Waals surface area contributed by atoms with Crippen LogP contribution in [-0.4, -0.2) is 25.9 Å². The van der Waals surface area contributed by atoms with E-state index in [1.54, 1.807) is 12.1 Å². The van der Waals surface area contributed by atoms with Gasteiger partial charge in [0.1, 0.15) is 0 Å². The fourth-order valence-electron chi connectivity index (χ4n) is 2.41. The zero-order valence-corrected chi connectivity index (χ0v) is 15.5. The molecule has 26 heavy (non-hydrogen) atoms. The van der Waals surface area contributed by atoms with E-state index in [0.717, 1.165) is 5.56 Å². The molecule has 0 aliphatic heterocycles. The van der Waals surface area contributed by atoms with Gasteiger partial charge in [0, 0.05) is 18.7 Å². The predicted molar refractivity (Wildman–Crippen MR) is 102 cm³/mol. The zero-order valence-electron chi connectivity index (χ0n) is 15.5. The number of carbonyl (C=O) groups is 1. The van der Waals surface area contributed by atoms with Gasteiger partial charge in [0.25, 0.3) is 0 Å². The lowest BCUT2D eigenvalue weighted by atomic mass is 10.2. The summed E-state index contributed by atoms with van der Waals surface area (Å²) in [6.45, 7) is 7.58. The van der Waals surface area contributed by atoms with E-state index >= 15 is 0 Å². The third-order valence-electron chi connectivity index (χ3n) is 3.46. The molecule has 2 rings (SSSR count). The summed E-state index contributed by atoms with van der Waals surface area (Å²) < 4.78 is 17.0. The molecule has 0 aromatic heterocycles. The van der Waals surface area contributed by atoms with E-state index in [2.05, 4.69) is 10.6 Å². The van der Waals surface area contributed by atoms with E-state index in [0.29, 0.717) is 49.3 Å². The van der Waals surface area contributed by atoms with E-state index in [1.807, 2.05) is 51.1 Å². The Hall–Kier alpha value is -2.89. The number of benzene rings is 2. The smallest absolute Gasteiger partial charge is 0.319 e. The van der Waals surface area contributed by atoms with Crippen molar-refractivity contribution in [3.8, 4) is 17.2 Å². The van der Waals surface area contributed by atoms with Crippen LogP contribution in [0.15, 0.2) is 42.5 Å². The van der Waals surface area contributed by atoms with Gasteiger partial charge in [-0.3, -0.25) is 0 Å². The van der Waals surface area contributed by atoms with Gasteiger partial charge in [-0.1, -0.05) is 30.3 Å². The summed E-state index contributed by atoms with van der Waals surface area (Å²) in [4.78, 5) is 12.2. The van der Waals surface area contributed by atoms with Gasteiger partial charge in [-0.25, -0.2) is 4.79 Å². The molecule has 0 bridgehead atoms. The number of urea groups is 1. The lowest BCUT2D eigenvalue weighted by Crippen LogP contribution is -2.28. The van der Waals surface area contributed by atoms with Gasteiger partial charge < -0.3 is 24.8 Å². The first-order valence-corrected chi connectivity index (χ1v) is 8.83. The molecule has 0 heterocycles. The first kappa shape index (κ1) is 19.4. The number of amides is 2. The maximum absolute atomic E-state index is 12.2. The summed E-state index contributed by atoms with van der Waals surface area (Å²) in [6.07, 6.45) is 0. The number of ether oxygens (including phenoxy) is 3. The Kier molecular flexibility index (Phi) is 7.61. The second-order valence-corrected chi connectivity index (χ2v) is 5.39. The summed E-state index contributed by atoms with van der Waals surface area (Å²) in [5.74, 6) is 1.63. The van der Waals surface area contributed by atoms with Crippen LogP contribution in [0.3, 0.4) is 0 Å². The van der Waals surface area contributed by atoms with Crippen molar-refractivity contribution in [2.24, 2.45) is 0 Å². The lowest BCUT2D eigenvalue weighted by Gasteiger charge is -2.17. The Balaban J connectivity index is 2.12. The highest BCUT2D eigenvalue weighted by atomic mass is 16.5. The molecule has 0 radical (unpaired) electrons. The molecule has 2 aromatic rings. The summed E-state index contributed by atoms with van der Waals surface area (Å²) in [5.41, 5.74) is 1.60. The third kappa shape index (κ3) is 5.58. The molecule has 2 N–H and O–H groups in total. The number of carbonyl (C=O) groups excluding carboxylic acids is 1. The van der Waals surface area contributed by atoms with Crippen LogP contribution >= 0.6 is 0 Å². The number of hydrogen-bond donors (Lipinski definition) is 2. The minimum Gasteiger partial charge on any atom is -0.490 e. The van der Waals surface area contributed by atoms with E-state index in [1.165, 1.54) is 0 Å². The van der Waals surface area contributed by atoms with Crippen LogP contribution < -0.4 is 24.8 Å². The van der Waals surface area contributed by atoms with E-state index in [4.69, 9.17) is 14.2 Å². The first-order chi connectivity index (χ1) is 12.7. The minimum absolute atomic E-state index is 0.303. The van der Waals surface area contributed by atoms with Gasteiger partial charge in [-0.15, -0.1) is 0 Å². The summed E-state index contributed by atoms with van der Waals surface area (Å²) in [6, 6.07) is 12.9. The standard InChI is InChI=1S/C20H26N2O4/c1-4-24-17-12-16(13-18(25-5-2)19(17)26-6-3)22-20(23)21-14-15-10-8-7-9-11-15/h7-13H,4-6,14H2,1-3H3,(H2,21,22,23). The minimum atomic E-state index is -0.303. The number of anilines is 1. The molecule has 140 valence electrons. The molecule has 2 aromatic carbocycles. The number of hydrogen-bond acceptors (Lipinski definition) is 4. The van der Waals surface area contributed by atoms with Crippen molar-refractivity contribution in [3.63, 3.8) is 0 Å². The quantitative estimate of drug-likeness (QED) is 0.705. The second-order valence-electron chi connectivity index (χ2n) is 5.39. The molecule has 6 heteroatoms. The molecule has 0 atom stereocenters. The Morgan fingerprint density at radius 2 is 1.46 bits per heavy atom. The fraction of sp³-hybridized carbons (Fsp3) is 0.350. The average Bonchev–Trinajstić information content (AvgIpc) is 2.64. The molecule has 0 aliphatic rings.